The first-order valence-corrected chi connectivity index (χ1v) is 4.91. The lowest BCUT2D eigenvalue weighted by Gasteiger charge is -2.03. The maximum Gasteiger partial charge on any atom is 0.166 e. The Hall–Kier alpha value is -1.84. The molecule has 2 heterocycles. The van der Waals surface area contributed by atoms with Crippen LogP contribution in [0, 0.1) is 0 Å². The average Bonchev–Trinajstić information content (AvgIpc) is 2.82. The second kappa shape index (κ2) is 3.73. The Labute approximate surface area is 88.1 Å². The van der Waals surface area contributed by atoms with Crippen molar-refractivity contribution in [1.29, 1.82) is 0 Å². The van der Waals surface area contributed by atoms with Gasteiger partial charge in [-0.1, -0.05) is 6.92 Å². The minimum absolute atomic E-state index is 0.651. The van der Waals surface area contributed by atoms with Crippen molar-refractivity contribution in [1.82, 2.24) is 14.3 Å². The van der Waals surface area contributed by atoms with Gasteiger partial charge in [0.1, 0.15) is 0 Å². The first-order valence-electron chi connectivity index (χ1n) is 4.91. The number of nitrogens with zero attached hydrogens (tertiary/aromatic N) is 3. The summed E-state index contributed by atoms with van der Waals surface area (Å²) < 4.78 is 3.63. The van der Waals surface area contributed by atoms with Crippen LogP contribution in [0.3, 0.4) is 0 Å². The molecule has 2 rings (SSSR count). The van der Waals surface area contributed by atoms with Gasteiger partial charge in [0.2, 0.25) is 0 Å². The van der Waals surface area contributed by atoms with Crippen molar-refractivity contribution in [3.8, 4) is 5.69 Å². The van der Waals surface area contributed by atoms with Gasteiger partial charge in [0.25, 0.3) is 0 Å². The number of carbonyl (C=O) groups excluding carboxylic acids is 1. The Kier molecular flexibility index (Phi) is 2.41. The third-order valence-electron chi connectivity index (χ3n) is 2.38. The van der Waals surface area contributed by atoms with Gasteiger partial charge >= 0.3 is 0 Å². The molecule has 0 saturated heterocycles. The first kappa shape index (κ1) is 9.71. The lowest BCUT2D eigenvalue weighted by atomic mass is 10.3. The number of aromatic nitrogens is 3. The predicted octanol–water partition coefficient (Wildman–Crippen LogP) is 1.59. The second-order valence-corrected chi connectivity index (χ2v) is 3.41. The lowest BCUT2D eigenvalue weighted by Crippen LogP contribution is -1.99. The van der Waals surface area contributed by atoms with E-state index < -0.39 is 0 Å². The monoisotopic (exact) mass is 203 g/mol. The van der Waals surface area contributed by atoms with Crippen molar-refractivity contribution in [3.63, 3.8) is 0 Å². The van der Waals surface area contributed by atoms with E-state index in [0.717, 1.165) is 24.1 Å². The van der Waals surface area contributed by atoms with Gasteiger partial charge in [-0.15, -0.1) is 0 Å². The summed E-state index contributed by atoms with van der Waals surface area (Å²) in [6.07, 6.45) is 5.50. The smallest absolute Gasteiger partial charge is 0.166 e. The largest absolute Gasteiger partial charge is 0.311 e. The molecule has 0 radical (unpaired) electrons. The molecule has 0 spiro atoms. The maximum absolute atomic E-state index is 10.8. The molecule has 78 valence electrons. The molecule has 0 aliphatic carbocycles. The van der Waals surface area contributed by atoms with Crippen LogP contribution in [-0.2, 0) is 13.5 Å². The average molecular weight is 203 g/mol. The van der Waals surface area contributed by atoms with Gasteiger partial charge in [-0.25, -0.2) is 0 Å². The first-order chi connectivity index (χ1) is 7.26. The van der Waals surface area contributed by atoms with E-state index >= 15 is 0 Å². The number of carbonyl (C=O) groups is 1. The Morgan fingerprint density at radius 2 is 2.33 bits per heavy atom. The van der Waals surface area contributed by atoms with Crippen molar-refractivity contribution < 1.29 is 4.79 Å². The van der Waals surface area contributed by atoms with Crippen LogP contribution in [0.1, 0.15) is 23.1 Å². The zero-order valence-electron chi connectivity index (χ0n) is 8.84. The standard InChI is InChI=1S/C11H13N3O/c1-3-10-11(7-13(2)12-10)14-6-4-5-9(14)8-15/h4-8H,3H2,1-2H3. The molecule has 0 amide bonds. The Bertz CT molecular complexity index is 482. The third-order valence-corrected chi connectivity index (χ3v) is 2.38. The Balaban J connectivity index is 2.57. The summed E-state index contributed by atoms with van der Waals surface area (Å²) >= 11 is 0. The van der Waals surface area contributed by atoms with E-state index in [1.165, 1.54) is 0 Å². The van der Waals surface area contributed by atoms with Gasteiger partial charge in [0.05, 0.1) is 17.1 Å². The quantitative estimate of drug-likeness (QED) is 0.710. The van der Waals surface area contributed by atoms with E-state index in [1.54, 1.807) is 10.7 Å². The number of hydrogen-bond donors (Lipinski definition) is 0. The van der Waals surface area contributed by atoms with Crippen LogP contribution in [-0.4, -0.2) is 20.6 Å². The van der Waals surface area contributed by atoms with Crippen LogP contribution in [0.5, 0.6) is 0 Å². The van der Waals surface area contributed by atoms with Crippen LogP contribution in [0.4, 0.5) is 0 Å². The Morgan fingerprint density at radius 3 is 3.00 bits per heavy atom. The van der Waals surface area contributed by atoms with Gasteiger partial charge < -0.3 is 4.57 Å². The van der Waals surface area contributed by atoms with E-state index in [-0.39, 0.29) is 0 Å². The maximum atomic E-state index is 10.8. The second-order valence-electron chi connectivity index (χ2n) is 3.41. The van der Waals surface area contributed by atoms with Gasteiger partial charge in [-0.05, 0) is 18.6 Å². The van der Waals surface area contributed by atoms with Crippen molar-refractivity contribution in [2.24, 2.45) is 7.05 Å². The van der Waals surface area contributed by atoms with Crippen LogP contribution in [0.2, 0.25) is 0 Å². The molecule has 0 unspecified atom stereocenters. The van der Waals surface area contributed by atoms with Crippen molar-refractivity contribution in [3.05, 3.63) is 35.9 Å². The zero-order chi connectivity index (χ0) is 10.8. The molecule has 4 nitrogen and oxygen atoms in total. The van der Waals surface area contributed by atoms with Crippen LogP contribution < -0.4 is 0 Å². The fraction of sp³-hybridized carbons (Fsp3) is 0.273. The summed E-state index contributed by atoms with van der Waals surface area (Å²) in [6.45, 7) is 2.05. The SMILES string of the molecule is CCc1nn(C)cc1-n1cccc1C=O. The van der Waals surface area contributed by atoms with Gasteiger partial charge in [0, 0.05) is 19.4 Å². The molecule has 0 N–H and O–H groups in total. The molecule has 2 aromatic heterocycles. The molecule has 0 bridgehead atoms. The minimum Gasteiger partial charge on any atom is -0.311 e. The molecule has 0 fully saturated rings. The predicted molar refractivity (Wildman–Crippen MR) is 57.3 cm³/mol. The van der Waals surface area contributed by atoms with Crippen molar-refractivity contribution in [2.75, 3.05) is 0 Å². The van der Waals surface area contributed by atoms with Crippen LogP contribution in [0.15, 0.2) is 24.5 Å². The van der Waals surface area contributed by atoms with E-state index in [9.17, 15) is 4.79 Å². The highest BCUT2D eigenvalue weighted by Gasteiger charge is 2.09. The summed E-state index contributed by atoms with van der Waals surface area (Å²) in [5, 5.41) is 4.34. The Morgan fingerprint density at radius 1 is 1.53 bits per heavy atom. The summed E-state index contributed by atoms with van der Waals surface area (Å²) in [5.41, 5.74) is 2.63. The van der Waals surface area contributed by atoms with Crippen LogP contribution in [0.25, 0.3) is 5.69 Å². The molecule has 2 aromatic rings. The van der Waals surface area contributed by atoms with Crippen molar-refractivity contribution in [2.45, 2.75) is 13.3 Å². The highest BCUT2D eigenvalue weighted by atomic mass is 16.1. The lowest BCUT2D eigenvalue weighted by molar-refractivity contribution is 0.111. The molecule has 0 aliphatic rings. The highest BCUT2D eigenvalue weighted by Crippen LogP contribution is 2.15. The van der Waals surface area contributed by atoms with E-state index in [4.69, 9.17) is 0 Å². The summed E-state index contributed by atoms with van der Waals surface area (Å²) in [6, 6.07) is 3.65. The molecular formula is C11H13N3O. The number of rotatable bonds is 3. The topological polar surface area (TPSA) is 39.8 Å². The van der Waals surface area contributed by atoms with Gasteiger partial charge in [0.15, 0.2) is 6.29 Å². The number of aryl methyl sites for hydroxylation is 2. The van der Waals surface area contributed by atoms with Gasteiger partial charge in [-0.2, -0.15) is 5.10 Å². The highest BCUT2D eigenvalue weighted by molar-refractivity contribution is 5.73. The summed E-state index contributed by atoms with van der Waals surface area (Å²) in [4.78, 5) is 10.8. The molecule has 0 aromatic carbocycles. The van der Waals surface area contributed by atoms with E-state index in [1.807, 2.05) is 30.1 Å². The fourth-order valence-electron chi connectivity index (χ4n) is 1.68. The summed E-state index contributed by atoms with van der Waals surface area (Å²) in [5.74, 6) is 0. The number of aldehydes is 1. The molecule has 4 heteroatoms. The van der Waals surface area contributed by atoms with E-state index in [2.05, 4.69) is 12.0 Å². The normalized spacial score (nSPS) is 10.5. The molecule has 0 saturated carbocycles. The summed E-state index contributed by atoms with van der Waals surface area (Å²) in [7, 11) is 1.88. The third kappa shape index (κ3) is 1.58. The molecule has 0 aliphatic heterocycles. The molecular weight excluding hydrogens is 190 g/mol. The zero-order valence-corrected chi connectivity index (χ0v) is 8.84. The van der Waals surface area contributed by atoms with Gasteiger partial charge in [-0.3, -0.25) is 9.48 Å². The molecule has 0 atom stereocenters. The van der Waals surface area contributed by atoms with E-state index in [0.29, 0.717) is 5.69 Å². The minimum atomic E-state index is 0.651. The number of hydrogen-bond acceptors (Lipinski definition) is 2. The fourth-order valence-corrected chi connectivity index (χ4v) is 1.68. The molecule has 15 heavy (non-hydrogen) atoms. The van der Waals surface area contributed by atoms with Crippen molar-refractivity contribution >= 4 is 6.29 Å². The van der Waals surface area contributed by atoms with Crippen LogP contribution >= 0.6 is 0 Å².